The third kappa shape index (κ3) is 10.9. The van der Waals surface area contributed by atoms with Gasteiger partial charge in [-0.2, -0.15) is 0 Å². The molecule has 3 rings (SSSR count). The lowest BCUT2D eigenvalue weighted by molar-refractivity contribution is 0.0536. The summed E-state index contributed by atoms with van der Waals surface area (Å²) in [6.07, 6.45) is -0.933. The van der Waals surface area contributed by atoms with Gasteiger partial charge in [0, 0.05) is 16.4 Å². The summed E-state index contributed by atoms with van der Waals surface area (Å²) < 4.78 is 96.4. The van der Waals surface area contributed by atoms with Gasteiger partial charge in [-0.3, -0.25) is 0 Å². The van der Waals surface area contributed by atoms with Crippen LogP contribution in [0.3, 0.4) is 0 Å². The summed E-state index contributed by atoms with van der Waals surface area (Å²) in [4.78, 5) is 0. The Kier molecular flexibility index (Phi) is 4.93. The van der Waals surface area contributed by atoms with Crippen LogP contribution in [-0.4, -0.2) is 59.1 Å². The zero-order valence-electron chi connectivity index (χ0n) is 27.1. The second kappa shape index (κ2) is 12.4. The molecule has 0 saturated carbocycles. The van der Waals surface area contributed by atoms with Gasteiger partial charge in [-0.05, 0) is 73.9 Å². The van der Waals surface area contributed by atoms with Gasteiger partial charge in [0.2, 0.25) is 0 Å². The van der Waals surface area contributed by atoms with E-state index in [-0.39, 0.29) is 53.1 Å². The van der Waals surface area contributed by atoms with E-state index in [0.29, 0.717) is 0 Å². The zero-order chi connectivity index (χ0) is 31.1. The van der Waals surface area contributed by atoms with E-state index in [1.54, 1.807) is 0 Å². The number of hydrogen-bond acceptors (Lipinski definition) is 6. The fourth-order valence-electron chi connectivity index (χ4n) is 1.71. The van der Waals surface area contributed by atoms with Crippen LogP contribution in [0.15, 0.2) is 36.4 Å². The second-order valence-electron chi connectivity index (χ2n) is 5.80. The van der Waals surface area contributed by atoms with Crippen molar-refractivity contribution in [3.63, 3.8) is 0 Å². The number of phenolic OH excluding ortho intramolecular Hbond substituents is 1. The topological polar surface area (TPSA) is 103 Å². The fraction of sp³-hybridized carbons (Fsp3) is 0.455. The highest BCUT2D eigenvalue weighted by atomic mass is 16.6. The van der Waals surface area contributed by atoms with Gasteiger partial charge in [-0.25, -0.2) is 0 Å². The fourth-order valence-corrected chi connectivity index (χ4v) is 1.71. The van der Waals surface area contributed by atoms with Crippen LogP contribution in [-0.2, 0) is 4.74 Å². The Morgan fingerprint density at radius 3 is 1.86 bits per heavy atom. The van der Waals surface area contributed by atoms with Crippen LogP contribution in [0.25, 0.3) is 0 Å². The van der Waals surface area contributed by atoms with E-state index in [1.165, 1.54) is 12.1 Å². The van der Waals surface area contributed by atoms with E-state index in [1.807, 2.05) is 0 Å². The molecule has 6 nitrogen and oxygen atoms in total. The van der Waals surface area contributed by atoms with Crippen LogP contribution in [0.2, 0.25) is 0 Å². The first-order chi connectivity index (χ1) is 18.1. The van der Waals surface area contributed by atoms with Crippen molar-refractivity contribution in [3.8, 4) is 11.5 Å². The number of rotatable bonds is 5. The van der Waals surface area contributed by atoms with E-state index in [0.717, 1.165) is 30.9 Å². The summed E-state index contributed by atoms with van der Waals surface area (Å²) in [7, 11) is 0. The molecule has 1 fully saturated rings. The number of benzene rings is 2. The molecule has 0 radical (unpaired) electrons. The van der Waals surface area contributed by atoms with E-state index in [4.69, 9.17) is 31.4 Å². The van der Waals surface area contributed by atoms with Gasteiger partial charge >= 0.3 is 0 Å². The molecule has 6 heteroatoms. The molecular weight excluding hydrogens is 360 g/mol. The van der Waals surface area contributed by atoms with Crippen LogP contribution >= 0.6 is 0 Å². The first kappa shape index (κ1) is 11.2. The number of aliphatic hydroxyl groups excluding tert-OH is 3. The highest BCUT2D eigenvalue weighted by molar-refractivity contribution is 5.33. The second-order valence-corrected chi connectivity index (χ2v) is 5.80. The molecule has 0 bridgehead atoms. The number of aromatic hydroxyl groups is 1. The van der Waals surface area contributed by atoms with Crippen LogP contribution in [0.4, 0.5) is 0 Å². The van der Waals surface area contributed by atoms with Gasteiger partial charge in [0.05, 0.1) is 19.8 Å². The lowest BCUT2D eigenvalue weighted by atomic mass is 10.1. The van der Waals surface area contributed by atoms with E-state index in [2.05, 4.69) is 4.74 Å². The normalized spacial score (nSPS) is 23.6. The number of ether oxygens (including phenoxy) is 2. The number of aliphatic hydroxyl groups is 3. The Hall–Kier alpha value is -2.12. The van der Waals surface area contributed by atoms with Crippen LogP contribution in [0, 0.1) is 27.4 Å². The van der Waals surface area contributed by atoms with Crippen molar-refractivity contribution in [2.45, 2.75) is 39.6 Å². The van der Waals surface area contributed by atoms with E-state index >= 15 is 0 Å². The zero-order valence-corrected chi connectivity index (χ0v) is 15.1. The first-order valence-electron chi connectivity index (χ1n) is 14.2. The van der Waals surface area contributed by atoms with Gasteiger partial charge < -0.3 is 29.9 Å². The molecule has 2 unspecified atom stereocenters. The minimum Gasteiger partial charge on any atom is -0.508 e. The third-order valence-electron chi connectivity index (χ3n) is 3.08. The molecule has 2 aromatic carbocycles. The monoisotopic (exact) mass is 404 g/mol. The smallest absolute Gasteiger partial charge is 0.119 e. The van der Waals surface area contributed by atoms with Crippen molar-refractivity contribution in [3.05, 3.63) is 58.7 Å². The molecule has 1 heterocycles. The molecule has 0 aromatic heterocycles. The van der Waals surface area contributed by atoms with Crippen molar-refractivity contribution >= 4 is 0 Å². The SMILES string of the molecule is OCC1CO1.[2H]C([2H])([2H])c1cc(O)cc(C([2H])([2H])[2H])c1.[2H]C([2H])([2H])c1cc(OCC(O)CO)cc(C([2H])([2H])[2H])c1. The van der Waals surface area contributed by atoms with Gasteiger partial charge in [-0.15, -0.1) is 0 Å². The first-order valence-corrected chi connectivity index (χ1v) is 8.23. The number of epoxide rings is 1. The molecule has 2 atom stereocenters. The molecule has 156 valence electrons. The molecular formula is C22H32O6. The quantitative estimate of drug-likeness (QED) is 0.571. The predicted molar refractivity (Wildman–Crippen MR) is 109 cm³/mol. The highest BCUT2D eigenvalue weighted by Gasteiger charge is 2.19. The number of phenols is 1. The average molecular weight is 405 g/mol. The molecule has 4 N–H and O–H groups in total. The van der Waals surface area contributed by atoms with Crippen molar-refractivity contribution in [2.75, 3.05) is 26.4 Å². The van der Waals surface area contributed by atoms with Crippen molar-refractivity contribution < 1.29 is 46.3 Å². The summed E-state index contributed by atoms with van der Waals surface area (Å²) in [5.74, 6) is -0.327. The molecule has 1 aliphatic heterocycles. The van der Waals surface area contributed by atoms with Crippen LogP contribution in [0.5, 0.6) is 11.5 Å². The Morgan fingerprint density at radius 1 is 1.00 bits per heavy atom. The maximum Gasteiger partial charge on any atom is 0.119 e. The maximum atomic E-state index is 9.22. The van der Waals surface area contributed by atoms with Gasteiger partial charge in [0.1, 0.15) is 30.3 Å². The maximum absolute atomic E-state index is 9.22. The summed E-state index contributed by atoms with van der Waals surface area (Å²) in [5, 5.41) is 35.2. The van der Waals surface area contributed by atoms with Gasteiger partial charge in [-0.1, -0.05) is 12.1 Å². The number of aryl methyl sites for hydroxylation is 4. The largest absolute Gasteiger partial charge is 0.508 e. The molecule has 0 spiro atoms. The summed E-state index contributed by atoms with van der Waals surface area (Å²) in [6.45, 7) is -9.58. The lowest BCUT2D eigenvalue weighted by Crippen LogP contribution is -2.21. The van der Waals surface area contributed by atoms with E-state index in [9.17, 15) is 10.2 Å². The average Bonchev–Trinajstić information content (AvgIpc) is 3.65. The highest BCUT2D eigenvalue weighted by Crippen LogP contribution is 2.16. The molecule has 0 amide bonds. The standard InChI is InChI=1S/C11H16O3.C8H10O.C3H6O2/c1-8-3-9(2)5-11(4-8)14-7-10(13)6-12;1-6-3-7(2)5-8(9)4-6;4-1-3-2-5-3/h3-5,10,12-13H,6-7H2,1-2H3;3-5,9H,1-2H3;3-4H,1-2H2/i2*1D3,2D3;. The summed E-state index contributed by atoms with van der Waals surface area (Å²) in [5.41, 5.74) is -0.651. The molecule has 0 aliphatic carbocycles. The Morgan fingerprint density at radius 2 is 1.50 bits per heavy atom. The van der Waals surface area contributed by atoms with Crippen molar-refractivity contribution in [1.82, 2.24) is 0 Å². The summed E-state index contributed by atoms with van der Waals surface area (Å²) in [6, 6.07) is 6.65. The Balaban J connectivity index is 0.000000349. The Bertz CT molecular complexity index is 1010. The van der Waals surface area contributed by atoms with Crippen molar-refractivity contribution in [1.29, 1.82) is 0 Å². The minimum atomic E-state index is -2.46. The molecule has 2 aromatic rings. The Labute approximate surface area is 183 Å². The van der Waals surface area contributed by atoms with Gasteiger partial charge in [0.25, 0.3) is 0 Å². The van der Waals surface area contributed by atoms with E-state index < -0.39 is 40.1 Å². The predicted octanol–water partition coefficient (Wildman–Crippen LogP) is 2.42. The lowest BCUT2D eigenvalue weighted by Gasteiger charge is -2.10. The number of hydrogen-bond donors (Lipinski definition) is 4. The molecule has 1 aliphatic rings. The summed E-state index contributed by atoms with van der Waals surface area (Å²) >= 11 is 0. The molecule has 1 saturated heterocycles. The minimum absolute atomic E-state index is 0.0252. The third-order valence-corrected chi connectivity index (χ3v) is 3.08. The van der Waals surface area contributed by atoms with Crippen LogP contribution < -0.4 is 4.74 Å². The molecule has 28 heavy (non-hydrogen) atoms. The van der Waals surface area contributed by atoms with Crippen LogP contribution in [0.1, 0.15) is 38.7 Å². The van der Waals surface area contributed by atoms with Crippen molar-refractivity contribution in [2.24, 2.45) is 0 Å². The van der Waals surface area contributed by atoms with Gasteiger partial charge in [0.15, 0.2) is 0 Å².